The number of esters is 1. The van der Waals surface area contributed by atoms with E-state index in [-0.39, 0.29) is 17.4 Å². The zero-order chi connectivity index (χ0) is 10.0. The second-order valence-corrected chi connectivity index (χ2v) is 4.63. The molecule has 2 rings (SSSR count). The molecule has 2 fully saturated rings. The lowest BCUT2D eigenvalue weighted by Gasteiger charge is -2.34. The number of rotatable bonds is 1. The Balaban J connectivity index is 1.95. The number of carbonyl (C=O) groups excluding carboxylic acids is 1. The van der Waals surface area contributed by atoms with E-state index in [1.807, 2.05) is 0 Å². The first kappa shape index (κ1) is 9.97. The summed E-state index contributed by atoms with van der Waals surface area (Å²) < 4.78 is 4.80. The minimum absolute atomic E-state index is 0.0192. The molecule has 1 N–H and O–H groups in total. The van der Waals surface area contributed by atoms with Crippen molar-refractivity contribution in [2.45, 2.75) is 44.1 Å². The zero-order valence-corrected chi connectivity index (χ0v) is 8.84. The van der Waals surface area contributed by atoms with Gasteiger partial charge in [-0.3, -0.25) is 4.79 Å². The smallest absolute Gasteiger partial charge is 0.308 e. The lowest BCUT2D eigenvalue weighted by molar-refractivity contribution is -0.145. The normalized spacial score (nSPS) is 37.4. The quantitative estimate of drug-likeness (QED) is 0.647. The van der Waals surface area contributed by atoms with Crippen LogP contribution in [0.4, 0.5) is 0 Å². The summed E-state index contributed by atoms with van der Waals surface area (Å²) in [7, 11) is 1.49. The maximum atomic E-state index is 11.4. The van der Waals surface area contributed by atoms with Crippen LogP contribution in [0.1, 0.15) is 38.5 Å². The third-order valence-electron chi connectivity index (χ3n) is 3.73. The molecule has 14 heavy (non-hydrogen) atoms. The van der Waals surface area contributed by atoms with Crippen LogP contribution in [-0.2, 0) is 9.53 Å². The molecule has 0 bridgehead atoms. The summed E-state index contributed by atoms with van der Waals surface area (Å²) in [5.41, 5.74) is 0.275. The Morgan fingerprint density at radius 3 is 2.93 bits per heavy atom. The van der Waals surface area contributed by atoms with E-state index in [9.17, 15) is 4.79 Å². The van der Waals surface area contributed by atoms with Gasteiger partial charge >= 0.3 is 5.97 Å². The van der Waals surface area contributed by atoms with Gasteiger partial charge in [-0.15, -0.1) is 0 Å². The molecule has 1 spiro atoms. The summed E-state index contributed by atoms with van der Waals surface area (Å²) in [6, 6.07) is 0. The molecule has 0 aromatic rings. The lowest BCUT2D eigenvalue weighted by atomic mass is 9.86. The molecule has 2 atom stereocenters. The van der Waals surface area contributed by atoms with Crippen molar-refractivity contribution in [2.75, 3.05) is 13.7 Å². The average Bonchev–Trinajstić information content (AvgIpc) is 2.62. The van der Waals surface area contributed by atoms with Crippen LogP contribution in [0.25, 0.3) is 0 Å². The Bertz CT molecular complexity index is 221. The van der Waals surface area contributed by atoms with E-state index in [1.165, 1.54) is 26.4 Å². The fourth-order valence-electron chi connectivity index (χ4n) is 2.91. The summed E-state index contributed by atoms with van der Waals surface area (Å²) in [5.74, 6) is 0.125. The molecule has 3 heteroatoms. The Labute approximate surface area is 85.2 Å². The molecular weight excluding hydrogens is 178 g/mol. The van der Waals surface area contributed by atoms with Gasteiger partial charge in [-0.2, -0.15) is 0 Å². The van der Waals surface area contributed by atoms with Gasteiger partial charge in [0.2, 0.25) is 0 Å². The molecule has 1 aliphatic carbocycles. The van der Waals surface area contributed by atoms with Gasteiger partial charge in [0.15, 0.2) is 0 Å². The predicted octanol–water partition coefficient (Wildman–Crippen LogP) is 1.47. The van der Waals surface area contributed by atoms with Crippen molar-refractivity contribution in [1.82, 2.24) is 5.32 Å². The van der Waals surface area contributed by atoms with Crippen LogP contribution < -0.4 is 5.32 Å². The second-order valence-electron chi connectivity index (χ2n) is 4.63. The van der Waals surface area contributed by atoms with Crippen molar-refractivity contribution in [3.05, 3.63) is 0 Å². The molecule has 3 nitrogen and oxygen atoms in total. The monoisotopic (exact) mass is 197 g/mol. The van der Waals surface area contributed by atoms with Gasteiger partial charge in [0, 0.05) is 5.54 Å². The maximum absolute atomic E-state index is 11.4. The van der Waals surface area contributed by atoms with Gasteiger partial charge in [-0.1, -0.05) is 6.42 Å². The van der Waals surface area contributed by atoms with Crippen molar-refractivity contribution in [3.8, 4) is 0 Å². The van der Waals surface area contributed by atoms with Gasteiger partial charge in [-0.25, -0.2) is 0 Å². The molecule has 1 saturated carbocycles. The van der Waals surface area contributed by atoms with E-state index < -0.39 is 0 Å². The minimum Gasteiger partial charge on any atom is -0.469 e. The molecule has 0 radical (unpaired) electrons. The van der Waals surface area contributed by atoms with Gasteiger partial charge in [0.05, 0.1) is 13.0 Å². The van der Waals surface area contributed by atoms with Gasteiger partial charge in [0.25, 0.3) is 0 Å². The molecule has 0 aromatic heterocycles. The Hall–Kier alpha value is -0.570. The van der Waals surface area contributed by atoms with Crippen molar-refractivity contribution >= 4 is 5.97 Å². The highest BCUT2D eigenvalue weighted by Crippen LogP contribution is 2.40. The number of hydrogen-bond donors (Lipinski definition) is 1. The van der Waals surface area contributed by atoms with Gasteiger partial charge < -0.3 is 10.1 Å². The van der Waals surface area contributed by atoms with E-state index in [0.717, 1.165) is 25.8 Å². The first-order valence-corrected chi connectivity index (χ1v) is 5.59. The number of piperidine rings is 1. The minimum atomic E-state index is -0.0192. The van der Waals surface area contributed by atoms with Crippen LogP contribution in [0.3, 0.4) is 0 Å². The maximum Gasteiger partial charge on any atom is 0.308 e. The first-order valence-electron chi connectivity index (χ1n) is 5.59. The molecule has 2 unspecified atom stereocenters. The summed E-state index contributed by atoms with van der Waals surface area (Å²) in [4.78, 5) is 11.4. The van der Waals surface area contributed by atoms with E-state index in [0.29, 0.717) is 0 Å². The molecule has 1 aliphatic heterocycles. The molecular formula is C11H19NO2. The summed E-state index contributed by atoms with van der Waals surface area (Å²) in [5, 5.41) is 3.60. The van der Waals surface area contributed by atoms with E-state index in [1.54, 1.807) is 0 Å². The molecule has 0 aromatic carbocycles. The van der Waals surface area contributed by atoms with Crippen LogP contribution in [0, 0.1) is 5.92 Å². The SMILES string of the molecule is COC(=O)C1CCC2(CCCCN2)C1. The third-order valence-corrected chi connectivity index (χ3v) is 3.73. The number of carbonyl (C=O) groups is 1. The van der Waals surface area contributed by atoms with Crippen LogP contribution in [-0.4, -0.2) is 25.2 Å². The van der Waals surface area contributed by atoms with Crippen molar-refractivity contribution < 1.29 is 9.53 Å². The fraction of sp³-hybridized carbons (Fsp3) is 0.909. The molecule has 80 valence electrons. The van der Waals surface area contributed by atoms with E-state index in [4.69, 9.17) is 4.74 Å². The number of nitrogens with one attached hydrogen (secondary N) is 1. The number of ether oxygens (including phenoxy) is 1. The van der Waals surface area contributed by atoms with E-state index in [2.05, 4.69) is 5.32 Å². The van der Waals surface area contributed by atoms with Gasteiger partial charge in [-0.05, 0) is 38.6 Å². The summed E-state index contributed by atoms with van der Waals surface area (Å²) >= 11 is 0. The summed E-state index contributed by atoms with van der Waals surface area (Å²) in [6.07, 6.45) is 6.96. The molecule has 2 aliphatic rings. The Kier molecular flexibility index (Phi) is 2.77. The topological polar surface area (TPSA) is 38.3 Å². The van der Waals surface area contributed by atoms with Crippen LogP contribution in [0.5, 0.6) is 0 Å². The Morgan fingerprint density at radius 2 is 2.29 bits per heavy atom. The highest BCUT2D eigenvalue weighted by Gasteiger charge is 2.42. The second kappa shape index (κ2) is 3.89. The van der Waals surface area contributed by atoms with Crippen LogP contribution >= 0.6 is 0 Å². The zero-order valence-electron chi connectivity index (χ0n) is 8.84. The number of methoxy groups -OCH3 is 1. The number of hydrogen-bond acceptors (Lipinski definition) is 3. The van der Waals surface area contributed by atoms with Crippen molar-refractivity contribution in [1.29, 1.82) is 0 Å². The van der Waals surface area contributed by atoms with E-state index >= 15 is 0 Å². The van der Waals surface area contributed by atoms with Crippen molar-refractivity contribution in [3.63, 3.8) is 0 Å². The van der Waals surface area contributed by atoms with Crippen LogP contribution in [0.15, 0.2) is 0 Å². The first-order chi connectivity index (χ1) is 6.76. The predicted molar refractivity (Wildman–Crippen MR) is 53.9 cm³/mol. The highest BCUT2D eigenvalue weighted by atomic mass is 16.5. The third kappa shape index (κ3) is 1.78. The Morgan fingerprint density at radius 1 is 1.43 bits per heavy atom. The average molecular weight is 197 g/mol. The standard InChI is InChI=1S/C11H19NO2/c1-14-10(13)9-4-6-11(8-9)5-2-3-7-12-11/h9,12H,2-8H2,1H3. The van der Waals surface area contributed by atoms with Gasteiger partial charge in [0.1, 0.15) is 0 Å². The van der Waals surface area contributed by atoms with Crippen molar-refractivity contribution in [2.24, 2.45) is 5.92 Å². The highest BCUT2D eigenvalue weighted by molar-refractivity contribution is 5.72. The molecule has 1 saturated heterocycles. The fourth-order valence-corrected chi connectivity index (χ4v) is 2.91. The lowest BCUT2D eigenvalue weighted by Crippen LogP contribution is -2.46. The summed E-state index contributed by atoms with van der Waals surface area (Å²) in [6.45, 7) is 1.12. The van der Waals surface area contributed by atoms with Crippen LogP contribution in [0.2, 0.25) is 0 Å². The molecule has 1 heterocycles. The molecule has 0 amide bonds. The largest absolute Gasteiger partial charge is 0.469 e.